The molecule has 0 fully saturated rings. The van der Waals surface area contributed by atoms with Crippen LogP contribution in [-0.4, -0.2) is 8.75 Å². The predicted octanol–water partition coefficient (Wildman–Crippen LogP) is 12.6. The maximum absolute atomic E-state index is 4.80. The number of fused-ring (bicyclic) bond motifs is 1. The maximum atomic E-state index is 4.80. The van der Waals surface area contributed by atoms with Crippen LogP contribution in [-0.2, 0) is 0 Å². The van der Waals surface area contributed by atoms with Crippen molar-refractivity contribution in [1.29, 1.82) is 0 Å². The summed E-state index contributed by atoms with van der Waals surface area (Å²) in [6.45, 7) is 4.38. The lowest BCUT2D eigenvalue weighted by atomic mass is 10.0. The van der Waals surface area contributed by atoms with Crippen LogP contribution in [0.5, 0.6) is 0 Å². The van der Waals surface area contributed by atoms with E-state index in [1.165, 1.54) is 73.0 Å². The number of hydrogen-bond donors (Lipinski definition) is 0. The van der Waals surface area contributed by atoms with Gasteiger partial charge in [0.15, 0.2) is 0 Å². The normalized spacial score (nSPS) is 11.5. The molecule has 0 aliphatic heterocycles. The lowest BCUT2D eigenvalue weighted by molar-refractivity contribution is 1.61. The largest absolute Gasteiger partial charge is 0.172 e. The van der Waals surface area contributed by atoms with Crippen molar-refractivity contribution in [3.05, 3.63) is 119 Å². The maximum Gasteiger partial charge on any atom is 0.114 e. The molecule has 0 bridgehead atoms. The highest BCUT2D eigenvalue weighted by atomic mass is 32.1. The molecule has 0 N–H and O–H groups in total. The van der Waals surface area contributed by atoms with Crippen LogP contribution in [0.3, 0.4) is 0 Å². The second-order valence-electron chi connectivity index (χ2n) is 10.4. The Morgan fingerprint density at radius 3 is 1.28 bits per heavy atom. The minimum atomic E-state index is 0.980. The first-order valence-electron chi connectivity index (χ1n) is 13.9. The average molecular weight is 645 g/mol. The highest BCUT2D eigenvalue weighted by Gasteiger charge is 2.20. The Labute approximate surface area is 270 Å². The van der Waals surface area contributed by atoms with Crippen LogP contribution < -0.4 is 0 Å². The molecule has 0 spiro atoms. The van der Waals surface area contributed by atoms with E-state index in [4.69, 9.17) is 8.75 Å². The number of benzene rings is 3. The molecule has 0 atom stereocenters. The average Bonchev–Trinajstić information content (AvgIpc) is 3.87. The molecule has 0 saturated heterocycles. The Morgan fingerprint density at radius 1 is 0.419 bits per heavy atom. The van der Waals surface area contributed by atoms with Crippen LogP contribution >= 0.6 is 57.1 Å². The van der Waals surface area contributed by atoms with Crippen molar-refractivity contribution in [1.82, 2.24) is 8.75 Å². The topological polar surface area (TPSA) is 25.8 Å². The molecule has 5 aromatic heterocycles. The van der Waals surface area contributed by atoms with E-state index in [-0.39, 0.29) is 0 Å². The Kier molecular flexibility index (Phi) is 6.93. The molecular weight excluding hydrogens is 621 g/mol. The molecule has 0 amide bonds. The molecule has 8 aromatic rings. The van der Waals surface area contributed by atoms with Gasteiger partial charge >= 0.3 is 0 Å². The molecule has 0 aliphatic carbocycles. The Bertz CT molecular complexity index is 2050. The number of thiophene rings is 4. The second kappa shape index (κ2) is 11.1. The standard InChI is InChI=1S/C36H24N2S5/c1-21-19-27(23-9-5-3-6-10-23)35(39-21)31-17-15-29(41-31)25-13-14-26(34-33(25)37-43-38-34)30-16-18-32(42-30)36-28(20-22(2)40-36)24-11-7-4-8-12-24/h3-20H,1-2H3. The molecule has 0 unspecified atom stereocenters. The second-order valence-corrected chi connectivity index (χ2v) is 15.6. The van der Waals surface area contributed by atoms with Crippen LogP contribution in [0.2, 0.25) is 0 Å². The first-order chi connectivity index (χ1) is 21.1. The van der Waals surface area contributed by atoms with E-state index in [0.717, 1.165) is 22.2 Å². The van der Waals surface area contributed by atoms with Gasteiger partial charge in [0.25, 0.3) is 0 Å². The summed E-state index contributed by atoms with van der Waals surface area (Å²) in [5, 5.41) is 0. The molecule has 3 aromatic carbocycles. The summed E-state index contributed by atoms with van der Waals surface area (Å²) < 4.78 is 9.60. The summed E-state index contributed by atoms with van der Waals surface area (Å²) in [6, 6.07) is 39.5. The van der Waals surface area contributed by atoms with Gasteiger partial charge in [0, 0.05) is 51.5 Å². The van der Waals surface area contributed by atoms with Crippen molar-refractivity contribution < 1.29 is 0 Å². The van der Waals surface area contributed by atoms with E-state index in [0.29, 0.717) is 0 Å². The van der Waals surface area contributed by atoms with E-state index < -0.39 is 0 Å². The quantitative estimate of drug-likeness (QED) is 0.180. The fourth-order valence-corrected chi connectivity index (χ4v) is 10.5. The number of aryl methyl sites for hydroxylation is 2. The zero-order valence-corrected chi connectivity index (χ0v) is 27.4. The van der Waals surface area contributed by atoms with Crippen molar-refractivity contribution in [2.45, 2.75) is 13.8 Å². The lowest BCUT2D eigenvalue weighted by Gasteiger charge is -2.04. The first-order valence-corrected chi connectivity index (χ1v) is 17.9. The van der Waals surface area contributed by atoms with Crippen molar-refractivity contribution in [3.63, 3.8) is 0 Å². The van der Waals surface area contributed by atoms with Crippen LogP contribution in [0, 0.1) is 13.8 Å². The highest BCUT2D eigenvalue weighted by molar-refractivity contribution is 7.25. The number of hydrogen-bond acceptors (Lipinski definition) is 7. The van der Waals surface area contributed by atoms with Crippen LogP contribution in [0.25, 0.3) is 73.7 Å². The Hall–Kier alpha value is -3.72. The molecule has 0 radical (unpaired) electrons. The van der Waals surface area contributed by atoms with Gasteiger partial charge in [0.2, 0.25) is 0 Å². The summed E-state index contributed by atoms with van der Waals surface area (Å²) in [5.74, 6) is 0. The molecule has 5 heterocycles. The highest BCUT2D eigenvalue weighted by Crippen LogP contribution is 2.47. The van der Waals surface area contributed by atoms with Gasteiger partial charge in [-0.25, -0.2) is 0 Å². The zero-order valence-electron chi connectivity index (χ0n) is 23.3. The van der Waals surface area contributed by atoms with Gasteiger partial charge in [0.05, 0.1) is 21.5 Å². The molecule has 8 rings (SSSR count). The summed E-state index contributed by atoms with van der Waals surface area (Å²) >= 11 is 8.70. The van der Waals surface area contributed by atoms with Crippen molar-refractivity contribution in [3.8, 4) is 62.6 Å². The Morgan fingerprint density at radius 2 is 0.837 bits per heavy atom. The van der Waals surface area contributed by atoms with E-state index in [1.807, 2.05) is 45.3 Å². The van der Waals surface area contributed by atoms with Crippen LogP contribution in [0.4, 0.5) is 0 Å². The molecule has 208 valence electrons. The number of rotatable bonds is 6. The summed E-state index contributed by atoms with van der Waals surface area (Å²) in [5.41, 5.74) is 9.38. The van der Waals surface area contributed by atoms with Crippen molar-refractivity contribution >= 4 is 68.1 Å². The van der Waals surface area contributed by atoms with E-state index in [9.17, 15) is 0 Å². The third-order valence-electron chi connectivity index (χ3n) is 7.49. The van der Waals surface area contributed by atoms with Gasteiger partial charge in [-0.2, -0.15) is 8.75 Å². The minimum absolute atomic E-state index is 0.980. The third kappa shape index (κ3) is 4.91. The van der Waals surface area contributed by atoms with Gasteiger partial charge in [-0.3, -0.25) is 0 Å². The van der Waals surface area contributed by atoms with Gasteiger partial charge in [-0.15, -0.1) is 45.3 Å². The van der Waals surface area contributed by atoms with Gasteiger partial charge in [0.1, 0.15) is 11.0 Å². The fourth-order valence-electron chi connectivity index (χ4n) is 5.53. The van der Waals surface area contributed by atoms with Gasteiger partial charge in [-0.1, -0.05) is 72.8 Å². The zero-order chi connectivity index (χ0) is 28.9. The number of nitrogens with zero attached hydrogens (tertiary/aromatic N) is 2. The van der Waals surface area contributed by atoms with Crippen molar-refractivity contribution in [2.24, 2.45) is 0 Å². The van der Waals surface area contributed by atoms with E-state index >= 15 is 0 Å². The minimum Gasteiger partial charge on any atom is -0.172 e. The van der Waals surface area contributed by atoms with Crippen molar-refractivity contribution in [2.75, 3.05) is 0 Å². The van der Waals surface area contributed by atoms with Crippen LogP contribution in [0.15, 0.2) is 109 Å². The number of aromatic nitrogens is 2. The lowest BCUT2D eigenvalue weighted by Crippen LogP contribution is -1.81. The van der Waals surface area contributed by atoms with E-state index in [2.05, 4.69) is 123 Å². The predicted molar refractivity (Wildman–Crippen MR) is 191 cm³/mol. The molecule has 0 saturated carbocycles. The smallest absolute Gasteiger partial charge is 0.114 e. The summed E-state index contributed by atoms with van der Waals surface area (Å²) in [6.07, 6.45) is 0. The monoisotopic (exact) mass is 644 g/mol. The molecule has 2 nitrogen and oxygen atoms in total. The van der Waals surface area contributed by atoms with E-state index in [1.54, 1.807) is 0 Å². The molecule has 7 heteroatoms. The molecular formula is C36H24N2S5. The Balaban J connectivity index is 1.16. The van der Waals surface area contributed by atoms with Crippen LogP contribution in [0.1, 0.15) is 9.75 Å². The van der Waals surface area contributed by atoms with Gasteiger partial charge in [-0.05, 0) is 61.4 Å². The first kappa shape index (κ1) is 26.9. The fraction of sp³-hybridized carbons (Fsp3) is 0.0556. The SMILES string of the molecule is Cc1cc(-c2ccccc2)c(-c2ccc(-c3ccc(-c4ccc(-c5sc(C)cc5-c5ccccc5)s4)c4nsnc34)s2)s1. The third-order valence-corrected chi connectivity index (χ3v) is 12.7. The summed E-state index contributed by atoms with van der Waals surface area (Å²) in [4.78, 5) is 10.3. The molecule has 43 heavy (non-hydrogen) atoms. The van der Waals surface area contributed by atoms with Gasteiger partial charge < -0.3 is 0 Å². The molecule has 0 aliphatic rings. The summed E-state index contributed by atoms with van der Waals surface area (Å²) in [7, 11) is 0.